The average Bonchev–Trinajstić information content (AvgIpc) is 2.46. The molecule has 21 heavy (non-hydrogen) atoms. The first-order valence-corrected chi connectivity index (χ1v) is 6.71. The Hall–Kier alpha value is -1.66. The molecule has 0 fully saturated rings. The summed E-state index contributed by atoms with van der Waals surface area (Å²) in [6.07, 6.45) is -4.47. The van der Waals surface area contributed by atoms with E-state index in [4.69, 9.17) is 0 Å². The Kier molecular flexibility index (Phi) is 4.20. The molecule has 0 radical (unpaired) electrons. The maximum absolute atomic E-state index is 12.6. The minimum Gasteiger partial charge on any atom is -0.372 e. The van der Waals surface area contributed by atoms with Crippen LogP contribution in [0.5, 0.6) is 0 Å². The van der Waals surface area contributed by atoms with E-state index in [0.717, 1.165) is 24.3 Å². The third kappa shape index (κ3) is 3.01. The zero-order chi connectivity index (χ0) is 15.7. The monoisotopic (exact) mass is 358 g/mol. The molecule has 0 saturated heterocycles. The molecule has 2 aromatic carbocycles. The van der Waals surface area contributed by atoms with Crippen LogP contribution in [0.25, 0.3) is 0 Å². The Labute approximate surface area is 127 Å². The van der Waals surface area contributed by atoms with E-state index >= 15 is 0 Å². The molecule has 2 rings (SSSR count). The largest absolute Gasteiger partial charge is 0.416 e. The van der Waals surface area contributed by atoms with Gasteiger partial charge in [-0.25, -0.2) is 0 Å². The lowest BCUT2D eigenvalue weighted by Crippen LogP contribution is -2.33. The molecule has 0 aliphatic carbocycles. The lowest BCUT2D eigenvalue weighted by atomic mass is 9.87. The molecule has 0 aromatic heterocycles. The predicted octanol–water partition coefficient (Wildman–Crippen LogP) is 3.86. The predicted molar refractivity (Wildman–Crippen MR) is 74.8 cm³/mol. The van der Waals surface area contributed by atoms with Crippen LogP contribution in [0.1, 0.15) is 16.7 Å². The van der Waals surface area contributed by atoms with E-state index in [1.807, 2.05) is 0 Å². The summed E-state index contributed by atoms with van der Waals surface area (Å²) in [7, 11) is 0. The van der Waals surface area contributed by atoms with Gasteiger partial charge in [0.15, 0.2) is 5.60 Å². The first-order valence-electron chi connectivity index (χ1n) is 5.92. The molecule has 0 amide bonds. The zero-order valence-electron chi connectivity index (χ0n) is 10.6. The van der Waals surface area contributed by atoms with Crippen molar-refractivity contribution in [1.82, 2.24) is 0 Å². The smallest absolute Gasteiger partial charge is 0.372 e. The van der Waals surface area contributed by atoms with Gasteiger partial charge in [0.1, 0.15) is 0 Å². The summed E-state index contributed by atoms with van der Waals surface area (Å²) in [6, 6.07) is 11.9. The Balaban J connectivity index is 2.52. The van der Waals surface area contributed by atoms with Crippen molar-refractivity contribution < 1.29 is 23.1 Å². The highest BCUT2D eigenvalue weighted by molar-refractivity contribution is 9.18. The Morgan fingerprint density at radius 2 is 1.29 bits per heavy atom. The third-order valence-corrected chi connectivity index (χ3v) is 3.68. The highest BCUT2D eigenvalue weighted by Gasteiger charge is 2.39. The molecule has 0 spiro atoms. The van der Waals surface area contributed by atoms with Crippen LogP contribution in [0.4, 0.5) is 13.2 Å². The van der Waals surface area contributed by atoms with Gasteiger partial charge in [-0.05, 0) is 39.2 Å². The van der Waals surface area contributed by atoms with Gasteiger partial charge >= 0.3 is 6.18 Å². The number of alkyl halides is 3. The zero-order valence-corrected chi connectivity index (χ0v) is 12.1. The summed E-state index contributed by atoms with van der Waals surface area (Å²) in [5.74, 6) is 0. The molecule has 1 N–H and O–H groups in total. The van der Waals surface area contributed by atoms with Gasteiger partial charge < -0.3 is 5.11 Å². The number of rotatable bonds is 3. The maximum atomic E-state index is 12.6. The highest BCUT2D eigenvalue weighted by Crippen LogP contribution is 2.35. The summed E-state index contributed by atoms with van der Waals surface area (Å²) < 4.78 is 36.9. The number of aliphatic hydroxyl groups is 1. The lowest BCUT2D eigenvalue weighted by Gasteiger charge is -2.25. The number of hydrogen-bond acceptors (Lipinski definition) is 2. The van der Waals surface area contributed by atoms with Gasteiger partial charge in [0, 0.05) is 0 Å². The van der Waals surface area contributed by atoms with E-state index in [0.29, 0.717) is 0 Å². The number of carbonyl (C=O) groups excluding carboxylic acids is 1. The Morgan fingerprint density at radius 3 is 1.71 bits per heavy atom. The molecule has 1 atom stereocenters. The summed E-state index contributed by atoms with van der Waals surface area (Å²) in [5.41, 5.74) is -2.55. The van der Waals surface area contributed by atoms with Crippen LogP contribution in [0.15, 0.2) is 54.6 Å². The first-order chi connectivity index (χ1) is 9.76. The quantitative estimate of drug-likeness (QED) is 0.845. The van der Waals surface area contributed by atoms with E-state index in [-0.39, 0.29) is 11.1 Å². The van der Waals surface area contributed by atoms with Crippen LogP contribution in [0.2, 0.25) is 0 Å². The van der Waals surface area contributed by atoms with Gasteiger partial charge in [-0.1, -0.05) is 42.5 Å². The second kappa shape index (κ2) is 5.61. The van der Waals surface area contributed by atoms with Gasteiger partial charge in [0.25, 0.3) is 0 Å². The molecule has 0 bridgehead atoms. The second-order valence-electron chi connectivity index (χ2n) is 4.43. The molecule has 0 aliphatic rings. The Morgan fingerprint density at radius 1 is 0.857 bits per heavy atom. The standard InChI is InChI=1S/C15H10BrF3O2/c16-13(20)14(21,10-4-2-1-3-5-10)11-6-8-12(9-7-11)15(17,18)19/h1-9,21H. The maximum Gasteiger partial charge on any atom is 0.416 e. The molecular weight excluding hydrogens is 349 g/mol. The fourth-order valence-electron chi connectivity index (χ4n) is 1.97. The van der Waals surface area contributed by atoms with Gasteiger partial charge in [-0.3, -0.25) is 4.79 Å². The molecule has 6 heteroatoms. The van der Waals surface area contributed by atoms with E-state index < -0.39 is 22.0 Å². The van der Waals surface area contributed by atoms with Crippen LogP contribution in [0.3, 0.4) is 0 Å². The number of halogens is 4. The lowest BCUT2D eigenvalue weighted by molar-refractivity contribution is -0.137. The van der Waals surface area contributed by atoms with Crippen molar-refractivity contribution >= 4 is 20.6 Å². The van der Waals surface area contributed by atoms with Crippen molar-refractivity contribution in [2.45, 2.75) is 11.8 Å². The molecule has 0 saturated carbocycles. The fraction of sp³-hybridized carbons (Fsp3) is 0.133. The average molecular weight is 359 g/mol. The number of benzene rings is 2. The molecule has 2 aromatic rings. The fourth-order valence-corrected chi connectivity index (χ4v) is 2.43. The Bertz CT molecular complexity index is 638. The molecule has 0 heterocycles. The van der Waals surface area contributed by atoms with E-state index in [1.165, 1.54) is 12.1 Å². The van der Waals surface area contributed by atoms with Crippen molar-refractivity contribution in [2.75, 3.05) is 0 Å². The van der Waals surface area contributed by atoms with E-state index in [9.17, 15) is 23.1 Å². The minimum atomic E-state index is -4.47. The van der Waals surface area contributed by atoms with Crippen molar-refractivity contribution in [3.8, 4) is 0 Å². The number of hydrogen-bond donors (Lipinski definition) is 1. The molecule has 1 unspecified atom stereocenters. The van der Waals surface area contributed by atoms with Gasteiger partial charge in [0.05, 0.1) is 5.56 Å². The third-order valence-electron chi connectivity index (χ3n) is 3.11. The molecule has 110 valence electrons. The highest BCUT2D eigenvalue weighted by atomic mass is 79.9. The number of carbonyl (C=O) groups is 1. The normalized spacial score (nSPS) is 14.5. The molecule has 2 nitrogen and oxygen atoms in total. The van der Waals surface area contributed by atoms with E-state index in [2.05, 4.69) is 15.9 Å². The van der Waals surface area contributed by atoms with E-state index in [1.54, 1.807) is 18.2 Å². The SMILES string of the molecule is O=C(Br)C(O)(c1ccccc1)c1ccc(C(F)(F)F)cc1. The topological polar surface area (TPSA) is 37.3 Å². The van der Waals surface area contributed by atoms with Gasteiger partial charge in [-0.2, -0.15) is 13.2 Å². The molecule has 0 aliphatic heterocycles. The minimum absolute atomic E-state index is 0.0589. The van der Waals surface area contributed by atoms with Crippen molar-refractivity contribution in [3.63, 3.8) is 0 Å². The van der Waals surface area contributed by atoms with Crippen LogP contribution >= 0.6 is 15.9 Å². The van der Waals surface area contributed by atoms with Crippen LogP contribution in [0, 0.1) is 0 Å². The second-order valence-corrected chi connectivity index (χ2v) is 5.15. The summed E-state index contributed by atoms with van der Waals surface area (Å²) in [6.45, 7) is 0. The van der Waals surface area contributed by atoms with Crippen LogP contribution in [-0.4, -0.2) is 9.80 Å². The van der Waals surface area contributed by atoms with Gasteiger partial charge in [-0.15, -0.1) is 0 Å². The van der Waals surface area contributed by atoms with Crippen LogP contribution in [-0.2, 0) is 16.6 Å². The molecular formula is C15H10BrF3O2. The van der Waals surface area contributed by atoms with Gasteiger partial charge in [0.2, 0.25) is 4.69 Å². The summed E-state index contributed by atoms with van der Waals surface area (Å²) in [5, 5.41) is 10.6. The van der Waals surface area contributed by atoms with Crippen LogP contribution < -0.4 is 0 Å². The summed E-state index contributed by atoms with van der Waals surface area (Å²) in [4.78, 5) is 11.8. The summed E-state index contributed by atoms with van der Waals surface area (Å²) >= 11 is 2.72. The van der Waals surface area contributed by atoms with Crippen molar-refractivity contribution in [2.24, 2.45) is 0 Å². The first kappa shape index (κ1) is 15.7. The van der Waals surface area contributed by atoms with Crippen molar-refractivity contribution in [3.05, 3.63) is 71.3 Å². The van der Waals surface area contributed by atoms with Crippen molar-refractivity contribution in [1.29, 1.82) is 0 Å².